The molecular formula is C45H28N6. The summed E-state index contributed by atoms with van der Waals surface area (Å²) >= 11 is 0. The maximum Gasteiger partial charge on any atom is 0.237 e. The molecule has 12 rings (SSSR count). The third-order valence-corrected chi connectivity index (χ3v) is 11.3. The highest BCUT2D eigenvalue weighted by molar-refractivity contribution is 6.14. The monoisotopic (exact) mass is 652 g/mol. The first kappa shape index (κ1) is 27.2. The van der Waals surface area contributed by atoms with Crippen LogP contribution in [0.3, 0.4) is 0 Å². The Morgan fingerprint density at radius 3 is 1.47 bits per heavy atom. The summed E-state index contributed by atoms with van der Waals surface area (Å²) in [6, 6.07) is 47.5. The van der Waals surface area contributed by atoms with E-state index >= 15 is 0 Å². The van der Waals surface area contributed by atoms with Crippen molar-refractivity contribution in [2.45, 2.75) is 19.3 Å². The van der Waals surface area contributed by atoms with Gasteiger partial charge in [-0.2, -0.15) is 9.97 Å². The van der Waals surface area contributed by atoms with Crippen LogP contribution in [0.5, 0.6) is 0 Å². The van der Waals surface area contributed by atoms with Gasteiger partial charge >= 0.3 is 0 Å². The van der Waals surface area contributed by atoms with E-state index in [0.717, 1.165) is 50.0 Å². The summed E-state index contributed by atoms with van der Waals surface area (Å²) in [5, 5.41) is 5.59. The molecule has 0 aliphatic heterocycles. The average Bonchev–Trinajstić information content (AvgIpc) is 3.86. The molecule has 0 spiro atoms. The van der Waals surface area contributed by atoms with Crippen molar-refractivity contribution < 1.29 is 0 Å². The van der Waals surface area contributed by atoms with E-state index in [-0.39, 0.29) is 5.41 Å². The van der Waals surface area contributed by atoms with Gasteiger partial charge in [0.25, 0.3) is 0 Å². The SMILES string of the molecule is CC1(C)c2ccccc2-c2cc3c4ccccc4n(-c4nc5c6c(nc(-n7c8ccccc8c8ccccc87)nc6n4)-c4ccccc4-5)c3cc21. The van der Waals surface area contributed by atoms with Crippen LogP contribution < -0.4 is 0 Å². The third kappa shape index (κ3) is 3.37. The van der Waals surface area contributed by atoms with E-state index in [4.69, 9.17) is 19.9 Å². The van der Waals surface area contributed by atoms with Gasteiger partial charge in [-0.05, 0) is 52.6 Å². The molecule has 2 aliphatic carbocycles. The summed E-state index contributed by atoms with van der Waals surface area (Å²) in [7, 11) is 0. The maximum absolute atomic E-state index is 5.38. The fourth-order valence-electron chi connectivity index (χ4n) is 9.01. The zero-order chi connectivity index (χ0) is 33.6. The van der Waals surface area contributed by atoms with Gasteiger partial charge in [0.1, 0.15) is 0 Å². The van der Waals surface area contributed by atoms with Crippen molar-refractivity contribution in [3.63, 3.8) is 0 Å². The van der Waals surface area contributed by atoms with Crippen LogP contribution in [0.15, 0.2) is 133 Å². The Kier molecular flexibility index (Phi) is 4.97. The van der Waals surface area contributed by atoms with Crippen molar-refractivity contribution in [1.29, 1.82) is 0 Å². The Balaban J connectivity index is 1.19. The predicted octanol–water partition coefficient (Wildman–Crippen LogP) is 10.6. The van der Waals surface area contributed by atoms with Gasteiger partial charge in [0, 0.05) is 38.1 Å². The van der Waals surface area contributed by atoms with Crippen molar-refractivity contribution >= 4 is 54.6 Å². The minimum absolute atomic E-state index is 0.141. The second-order valence-electron chi connectivity index (χ2n) is 14.3. The van der Waals surface area contributed by atoms with E-state index in [1.807, 2.05) is 0 Å². The molecule has 51 heavy (non-hydrogen) atoms. The van der Waals surface area contributed by atoms with E-state index < -0.39 is 0 Å². The largest absolute Gasteiger partial charge is 0.278 e. The summed E-state index contributed by atoms with van der Waals surface area (Å²) in [5.41, 5.74) is 13.9. The van der Waals surface area contributed by atoms with Gasteiger partial charge in [-0.3, -0.25) is 9.13 Å². The molecule has 0 unspecified atom stereocenters. The third-order valence-electron chi connectivity index (χ3n) is 11.3. The second-order valence-corrected chi connectivity index (χ2v) is 14.3. The summed E-state index contributed by atoms with van der Waals surface area (Å²) in [6.07, 6.45) is 0. The molecule has 238 valence electrons. The van der Waals surface area contributed by atoms with Crippen LogP contribution >= 0.6 is 0 Å². The van der Waals surface area contributed by atoms with Gasteiger partial charge in [0.2, 0.25) is 11.9 Å². The van der Waals surface area contributed by atoms with Crippen LogP contribution in [-0.4, -0.2) is 29.1 Å². The molecule has 0 N–H and O–H groups in total. The molecule has 6 nitrogen and oxygen atoms in total. The second kappa shape index (κ2) is 9.31. The normalized spacial score (nSPS) is 13.8. The smallest absolute Gasteiger partial charge is 0.237 e. The zero-order valence-corrected chi connectivity index (χ0v) is 27.9. The lowest BCUT2D eigenvalue weighted by atomic mass is 9.82. The number of hydrogen-bond acceptors (Lipinski definition) is 4. The predicted molar refractivity (Wildman–Crippen MR) is 206 cm³/mol. The average molecular weight is 653 g/mol. The van der Waals surface area contributed by atoms with Crippen molar-refractivity contribution in [2.75, 3.05) is 0 Å². The molecule has 0 saturated heterocycles. The minimum Gasteiger partial charge on any atom is -0.278 e. The van der Waals surface area contributed by atoms with Gasteiger partial charge < -0.3 is 0 Å². The molecule has 4 heterocycles. The molecule has 0 amide bonds. The van der Waals surface area contributed by atoms with E-state index in [0.29, 0.717) is 17.5 Å². The molecule has 0 radical (unpaired) electrons. The van der Waals surface area contributed by atoms with Crippen LogP contribution in [0.1, 0.15) is 25.0 Å². The van der Waals surface area contributed by atoms with Crippen molar-refractivity contribution in [3.05, 3.63) is 145 Å². The Labute approximate surface area is 292 Å². The van der Waals surface area contributed by atoms with E-state index in [1.165, 1.54) is 43.8 Å². The summed E-state index contributed by atoms with van der Waals surface area (Å²) in [5.74, 6) is 1.20. The minimum atomic E-state index is -0.141. The van der Waals surface area contributed by atoms with E-state index in [2.05, 4.69) is 156 Å². The standard InChI is InChI=1S/C45H28N6/c1-45(2)33-19-9-5-13-25(33)31-23-32-28-16-8-12-22-37(28)51(38(32)24-34(31)45)44-47-41-30-18-4-3-17-29(30)40-39(41)42(49-44)48-43(46-40)50-35-20-10-6-14-26(35)27-15-7-11-21-36(27)50/h3-24H,1-2H3. The fraction of sp³-hybridized carbons (Fsp3) is 0.0667. The summed E-state index contributed by atoms with van der Waals surface area (Å²) in [4.78, 5) is 21.3. The number of aromatic nitrogens is 6. The number of rotatable bonds is 2. The lowest BCUT2D eigenvalue weighted by molar-refractivity contribution is 0.661. The highest BCUT2D eigenvalue weighted by Gasteiger charge is 2.36. The number of hydrogen-bond donors (Lipinski definition) is 0. The molecule has 0 saturated carbocycles. The van der Waals surface area contributed by atoms with Crippen LogP contribution in [0.25, 0.3) is 100 Å². The zero-order valence-electron chi connectivity index (χ0n) is 27.9. The first-order valence-electron chi connectivity index (χ1n) is 17.4. The van der Waals surface area contributed by atoms with Crippen LogP contribution in [-0.2, 0) is 5.41 Å². The first-order chi connectivity index (χ1) is 25.1. The molecule has 10 aromatic rings. The van der Waals surface area contributed by atoms with Crippen molar-refractivity contribution in [1.82, 2.24) is 29.1 Å². The molecule has 0 bridgehead atoms. The van der Waals surface area contributed by atoms with Crippen molar-refractivity contribution in [3.8, 4) is 45.5 Å². The molecule has 4 aromatic heterocycles. The van der Waals surface area contributed by atoms with Gasteiger partial charge in [-0.1, -0.05) is 117 Å². The van der Waals surface area contributed by atoms with Gasteiger partial charge in [-0.15, -0.1) is 0 Å². The lowest BCUT2D eigenvalue weighted by Gasteiger charge is -2.21. The van der Waals surface area contributed by atoms with Gasteiger partial charge in [-0.25, -0.2) is 9.97 Å². The molecule has 6 heteroatoms. The van der Waals surface area contributed by atoms with Crippen molar-refractivity contribution in [2.24, 2.45) is 0 Å². The Bertz CT molecular complexity index is 3130. The lowest BCUT2D eigenvalue weighted by Crippen LogP contribution is -2.15. The van der Waals surface area contributed by atoms with E-state index in [1.54, 1.807) is 0 Å². The molecule has 2 aliphatic rings. The van der Waals surface area contributed by atoms with E-state index in [9.17, 15) is 0 Å². The van der Waals surface area contributed by atoms with Gasteiger partial charge in [0.05, 0.1) is 38.8 Å². The fourth-order valence-corrected chi connectivity index (χ4v) is 9.01. The molecule has 0 atom stereocenters. The van der Waals surface area contributed by atoms with Gasteiger partial charge in [0.15, 0.2) is 5.65 Å². The highest BCUT2D eigenvalue weighted by Crippen LogP contribution is 2.51. The van der Waals surface area contributed by atoms with Crippen LogP contribution in [0.2, 0.25) is 0 Å². The Morgan fingerprint density at radius 1 is 0.412 bits per heavy atom. The Hall–Kier alpha value is -6.66. The number of nitrogens with zero attached hydrogens (tertiary/aromatic N) is 6. The topological polar surface area (TPSA) is 61.4 Å². The maximum atomic E-state index is 5.38. The van der Waals surface area contributed by atoms with Crippen LogP contribution in [0, 0.1) is 0 Å². The molecular weight excluding hydrogens is 625 g/mol. The summed E-state index contributed by atoms with van der Waals surface area (Å²) in [6.45, 7) is 4.66. The quantitative estimate of drug-likeness (QED) is 0.186. The number of para-hydroxylation sites is 3. The number of fused-ring (bicyclic) bond motifs is 12. The number of benzene rings is 6. The first-order valence-corrected chi connectivity index (χ1v) is 17.4. The molecule has 6 aromatic carbocycles. The Morgan fingerprint density at radius 2 is 0.882 bits per heavy atom. The molecule has 0 fully saturated rings. The highest BCUT2D eigenvalue weighted by atomic mass is 15.2. The summed E-state index contributed by atoms with van der Waals surface area (Å²) < 4.78 is 4.41. The van der Waals surface area contributed by atoms with Crippen LogP contribution in [0.4, 0.5) is 0 Å².